The second-order valence-electron chi connectivity index (χ2n) is 7.75. The third kappa shape index (κ3) is 6.27. The Morgan fingerprint density at radius 3 is 2.16 bits per heavy atom. The summed E-state index contributed by atoms with van der Waals surface area (Å²) >= 11 is 0. The van der Waals surface area contributed by atoms with Crippen LogP contribution in [0.2, 0.25) is 0 Å². The van der Waals surface area contributed by atoms with E-state index in [2.05, 4.69) is 46.9 Å². The molecule has 1 aliphatic rings. The molecule has 1 saturated carbocycles. The summed E-state index contributed by atoms with van der Waals surface area (Å²) in [4.78, 5) is 0. The quantitative estimate of drug-likeness (QED) is 0.778. The van der Waals surface area contributed by atoms with Crippen LogP contribution in [0.4, 0.5) is 0 Å². The normalized spacial score (nSPS) is 30.3. The van der Waals surface area contributed by atoms with Crippen LogP contribution in [0.1, 0.15) is 67.2 Å². The summed E-state index contributed by atoms with van der Waals surface area (Å²) in [6.07, 6.45) is 5.53. The second-order valence-corrected chi connectivity index (χ2v) is 7.75. The van der Waals surface area contributed by atoms with Gasteiger partial charge in [0.15, 0.2) is 0 Å². The van der Waals surface area contributed by atoms with E-state index >= 15 is 0 Å². The van der Waals surface area contributed by atoms with Gasteiger partial charge in [0.25, 0.3) is 0 Å². The van der Waals surface area contributed by atoms with Crippen molar-refractivity contribution in [3.63, 3.8) is 0 Å². The van der Waals surface area contributed by atoms with Crippen LogP contribution >= 0.6 is 0 Å². The van der Waals surface area contributed by atoms with Crippen molar-refractivity contribution in [1.29, 1.82) is 0 Å². The lowest BCUT2D eigenvalue weighted by molar-refractivity contribution is -0.0222. The van der Waals surface area contributed by atoms with Gasteiger partial charge in [0.1, 0.15) is 0 Å². The lowest BCUT2D eigenvalue weighted by Gasteiger charge is -2.36. The summed E-state index contributed by atoms with van der Waals surface area (Å²) < 4.78 is 6.25. The molecule has 0 aromatic carbocycles. The molecule has 0 amide bonds. The predicted molar refractivity (Wildman–Crippen MR) is 83.5 cm³/mol. The summed E-state index contributed by atoms with van der Waals surface area (Å²) in [6, 6.07) is 0.458. The van der Waals surface area contributed by atoms with Gasteiger partial charge in [-0.2, -0.15) is 0 Å². The Morgan fingerprint density at radius 1 is 1.11 bits per heavy atom. The lowest BCUT2D eigenvalue weighted by Crippen LogP contribution is -2.45. The zero-order valence-electron chi connectivity index (χ0n) is 14.0. The molecule has 3 atom stereocenters. The van der Waals surface area contributed by atoms with E-state index < -0.39 is 0 Å². The number of ether oxygens (including phenoxy) is 1. The molecule has 19 heavy (non-hydrogen) atoms. The third-order valence-electron chi connectivity index (χ3n) is 4.32. The van der Waals surface area contributed by atoms with Crippen LogP contribution < -0.4 is 5.32 Å². The minimum Gasteiger partial charge on any atom is -0.377 e. The van der Waals surface area contributed by atoms with Gasteiger partial charge in [-0.05, 0) is 49.5 Å². The average Bonchev–Trinajstić information content (AvgIpc) is 2.26. The van der Waals surface area contributed by atoms with Gasteiger partial charge in [-0.15, -0.1) is 0 Å². The maximum Gasteiger partial charge on any atom is 0.0628 e. The molecular formula is C17H35NO. The Hall–Kier alpha value is -0.0800. The monoisotopic (exact) mass is 269 g/mol. The van der Waals surface area contributed by atoms with E-state index in [9.17, 15) is 0 Å². The molecule has 0 radical (unpaired) electrons. The third-order valence-corrected chi connectivity index (χ3v) is 4.32. The highest BCUT2D eigenvalue weighted by Crippen LogP contribution is 2.31. The second kappa shape index (κ2) is 7.64. The minimum atomic E-state index is 0.265. The van der Waals surface area contributed by atoms with E-state index in [1.54, 1.807) is 0 Å². The van der Waals surface area contributed by atoms with E-state index in [0.717, 1.165) is 25.0 Å². The largest absolute Gasteiger partial charge is 0.377 e. The molecule has 1 aliphatic carbocycles. The molecule has 1 N–H and O–H groups in total. The van der Waals surface area contributed by atoms with Crippen LogP contribution in [0.5, 0.6) is 0 Å². The molecule has 114 valence electrons. The molecule has 0 aliphatic heterocycles. The number of rotatable bonds is 6. The van der Waals surface area contributed by atoms with Crippen LogP contribution in [-0.4, -0.2) is 25.3 Å². The van der Waals surface area contributed by atoms with Gasteiger partial charge in [0, 0.05) is 6.04 Å². The van der Waals surface area contributed by atoms with Crippen LogP contribution in [0.25, 0.3) is 0 Å². The summed E-state index contributed by atoms with van der Waals surface area (Å²) in [5.41, 5.74) is 0.265. The van der Waals surface area contributed by atoms with Gasteiger partial charge in [-0.3, -0.25) is 0 Å². The molecular weight excluding hydrogens is 234 g/mol. The van der Waals surface area contributed by atoms with Crippen LogP contribution in [0.3, 0.4) is 0 Å². The molecule has 0 aromatic rings. The van der Waals surface area contributed by atoms with Crippen LogP contribution in [0.15, 0.2) is 0 Å². The fourth-order valence-electron chi connectivity index (χ4n) is 3.18. The summed E-state index contributed by atoms with van der Waals surface area (Å²) in [5, 5.41) is 3.65. The molecule has 0 saturated heterocycles. The smallest absolute Gasteiger partial charge is 0.0628 e. The van der Waals surface area contributed by atoms with Crippen molar-refractivity contribution in [3.05, 3.63) is 0 Å². The number of hydrogen-bond acceptors (Lipinski definition) is 2. The van der Waals surface area contributed by atoms with Crippen molar-refractivity contribution in [2.24, 2.45) is 17.3 Å². The van der Waals surface area contributed by atoms with Crippen molar-refractivity contribution in [3.8, 4) is 0 Å². The zero-order chi connectivity index (χ0) is 14.5. The summed E-state index contributed by atoms with van der Waals surface area (Å²) in [7, 11) is 0. The molecule has 3 unspecified atom stereocenters. The highest BCUT2D eigenvalue weighted by atomic mass is 16.5. The first-order chi connectivity index (χ1) is 8.82. The Bertz CT molecular complexity index is 236. The number of hydrogen-bond donors (Lipinski definition) is 1. The summed E-state index contributed by atoms with van der Waals surface area (Å²) in [6.45, 7) is 15.8. The molecule has 1 rings (SSSR count). The molecule has 0 heterocycles. The number of nitrogens with one attached hydrogen (secondary N) is 1. The van der Waals surface area contributed by atoms with Crippen molar-refractivity contribution in [2.45, 2.75) is 79.4 Å². The van der Waals surface area contributed by atoms with Gasteiger partial charge in [0.05, 0.1) is 12.7 Å². The van der Waals surface area contributed by atoms with Crippen molar-refractivity contribution < 1.29 is 4.74 Å². The average molecular weight is 269 g/mol. The fraction of sp³-hybridized carbons (Fsp3) is 1.00. The van der Waals surface area contributed by atoms with Gasteiger partial charge in [0.2, 0.25) is 0 Å². The standard InChI is InChI=1S/C17H35NO/c1-7-8-18-16(17(4,5)6)12-19-15-10-13(2)9-14(3)11-15/h13-16,18H,7-12H2,1-6H3. The Kier molecular flexibility index (Phi) is 6.82. The first kappa shape index (κ1) is 17.0. The molecule has 2 heteroatoms. The van der Waals surface area contributed by atoms with E-state index in [0.29, 0.717) is 12.1 Å². The van der Waals surface area contributed by atoms with E-state index in [1.807, 2.05) is 0 Å². The minimum absolute atomic E-state index is 0.265. The maximum absolute atomic E-state index is 6.25. The SMILES string of the molecule is CCCNC(COC1CC(C)CC(C)C1)C(C)(C)C. The van der Waals surface area contributed by atoms with Crippen LogP contribution in [-0.2, 0) is 4.74 Å². The van der Waals surface area contributed by atoms with Crippen LogP contribution in [0, 0.1) is 17.3 Å². The fourth-order valence-corrected chi connectivity index (χ4v) is 3.18. The predicted octanol–water partition coefficient (Wildman–Crippen LogP) is 4.24. The maximum atomic E-state index is 6.25. The van der Waals surface area contributed by atoms with Gasteiger partial charge in [-0.1, -0.05) is 41.5 Å². The molecule has 0 aromatic heterocycles. The molecule has 0 spiro atoms. The van der Waals surface area contributed by atoms with E-state index in [-0.39, 0.29) is 5.41 Å². The summed E-state index contributed by atoms with van der Waals surface area (Å²) in [5.74, 6) is 1.65. The van der Waals surface area contributed by atoms with Gasteiger partial charge >= 0.3 is 0 Å². The molecule has 2 nitrogen and oxygen atoms in total. The highest BCUT2D eigenvalue weighted by molar-refractivity contribution is 4.82. The Balaban J connectivity index is 2.42. The zero-order valence-corrected chi connectivity index (χ0v) is 14.0. The van der Waals surface area contributed by atoms with Crippen molar-refractivity contribution >= 4 is 0 Å². The van der Waals surface area contributed by atoms with E-state index in [4.69, 9.17) is 4.74 Å². The topological polar surface area (TPSA) is 21.3 Å². The highest BCUT2D eigenvalue weighted by Gasteiger charge is 2.28. The first-order valence-corrected chi connectivity index (χ1v) is 8.17. The van der Waals surface area contributed by atoms with Gasteiger partial charge < -0.3 is 10.1 Å². The molecule has 1 fully saturated rings. The van der Waals surface area contributed by atoms with Gasteiger partial charge in [-0.25, -0.2) is 0 Å². The first-order valence-electron chi connectivity index (χ1n) is 8.17. The van der Waals surface area contributed by atoms with Crippen molar-refractivity contribution in [1.82, 2.24) is 5.32 Å². The van der Waals surface area contributed by atoms with E-state index in [1.165, 1.54) is 25.7 Å². The lowest BCUT2D eigenvalue weighted by atomic mass is 9.81. The Labute approximate surface area is 120 Å². The molecule has 0 bridgehead atoms. The Morgan fingerprint density at radius 2 is 1.68 bits per heavy atom. The van der Waals surface area contributed by atoms with Crippen molar-refractivity contribution in [2.75, 3.05) is 13.2 Å².